The summed E-state index contributed by atoms with van der Waals surface area (Å²) in [4.78, 5) is 28.2. The Bertz CT molecular complexity index is 1190. The number of benzene rings is 2. The molecule has 9 heteroatoms. The molecule has 0 spiro atoms. The molecule has 3 aromatic rings. The van der Waals surface area contributed by atoms with Gasteiger partial charge in [0.1, 0.15) is 5.82 Å². The van der Waals surface area contributed by atoms with Gasteiger partial charge in [0, 0.05) is 30.8 Å². The van der Waals surface area contributed by atoms with Crippen LogP contribution in [0.4, 0.5) is 17.6 Å². The van der Waals surface area contributed by atoms with Gasteiger partial charge in [-0.25, -0.2) is 4.39 Å². The van der Waals surface area contributed by atoms with Crippen molar-refractivity contribution < 1.29 is 27.2 Å². The second-order valence-corrected chi connectivity index (χ2v) is 9.07. The van der Waals surface area contributed by atoms with Crippen molar-refractivity contribution in [2.75, 3.05) is 6.54 Å². The van der Waals surface area contributed by atoms with E-state index in [9.17, 15) is 27.2 Å². The Labute approximate surface area is 198 Å². The van der Waals surface area contributed by atoms with Gasteiger partial charge in [-0.15, -0.1) is 11.3 Å². The second-order valence-electron chi connectivity index (χ2n) is 8.07. The number of fused-ring (bicyclic) bond motifs is 1. The summed E-state index contributed by atoms with van der Waals surface area (Å²) in [5, 5.41) is 4.52. The standard InChI is InChI=1S/C25H22F4N2O2S/c26-19-6-2-4-17(14-19)24-20-10-12-34-21(20)9-11-31(24)23(33)8-7-22(32)30-15-16-3-1-5-18(13-16)25(27,28)29/h1-6,10,12-14,24H,7-9,11,15H2,(H,30,32). The van der Waals surface area contributed by atoms with Gasteiger partial charge in [0.25, 0.3) is 0 Å². The van der Waals surface area contributed by atoms with Crippen molar-refractivity contribution in [2.45, 2.75) is 38.0 Å². The third kappa shape index (κ3) is 5.47. The number of halogens is 4. The molecular weight excluding hydrogens is 468 g/mol. The summed E-state index contributed by atoms with van der Waals surface area (Å²) in [7, 11) is 0. The highest BCUT2D eigenvalue weighted by Crippen LogP contribution is 2.38. The van der Waals surface area contributed by atoms with Crippen molar-refractivity contribution in [3.8, 4) is 0 Å². The van der Waals surface area contributed by atoms with E-state index in [0.717, 1.165) is 22.6 Å². The van der Waals surface area contributed by atoms with Crippen LogP contribution in [0.3, 0.4) is 0 Å². The number of rotatable bonds is 6. The van der Waals surface area contributed by atoms with Crippen molar-refractivity contribution in [3.63, 3.8) is 0 Å². The van der Waals surface area contributed by atoms with E-state index in [1.165, 1.54) is 24.3 Å². The zero-order valence-electron chi connectivity index (χ0n) is 18.1. The lowest BCUT2D eigenvalue weighted by atomic mass is 9.92. The van der Waals surface area contributed by atoms with E-state index >= 15 is 0 Å². The predicted molar refractivity (Wildman–Crippen MR) is 121 cm³/mol. The van der Waals surface area contributed by atoms with E-state index in [2.05, 4.69) is 5.32 Å². The molecule has 34 heavy (non-hydrogen) atoms. The first-order valence-corrected chi connectivity index (χ1v) is 11.6. The summed E-state index contributed by atoms with van der Waals surface area (Å²) < 4.78 is 52.5. The molecule has 2 amide bonds. The van der Waals surface area contributed by atoms with Crippen LogP contribution in [0.1, 0.15) is 46.0 Å². The Balaban J connectivity index is 1.39. The molecular formula is C25H22F4N2O2S. The molecule has 0 aliphatic carbocycles. The van der Waals surface area contributed by atoms with Crippen molar-refractivity contribution in [1.82, 2.24) is 10.2 Å². The summed E-state index contributed by atoms with van der Waals surface area (Å²) in [6.45, 7) is 0.393. The minimum absolute atomic E-state index is 0.0558. The van der Waals surface area contributed by atoms with Crippen LogP contribution in [0.2, 0.25) is 0 Å². The zero-order chi connectivity index (χ0) is 24.3. The van der Waals surface area contributed by atoms with Crippen LogP contribution in [0.15, 0.2) is 60.0 Å². The highest BCUT2D eigenvalue weighted by Gasteiger charge is 2.33. The SMILES string of the molecule is O=C(CCC(=O)N1CCc2sccc2C1c1cccc(F)c1)NCc1cccc(C(F)(F)F)c1. The molecule has 1 atom stereocenters. The molecule has 2 aromatic carbocycles. The molecule has 1 aliphatic rings. The van der Waals surface area contributed by atoms with Crippen LogP contribution in [-0.4, -0.2) is 23.3 Å². The van der Waals surface area contributed by atoms with E-state index in [0.29, 0.717) is 24.1 Å². The Morgan fingerprint density at radius 1 is 1.06 bits per heavy atom. The highest BCUT2D eigenvalue weighted by molar-refractivity contribution is 7.10. The minimum Gasteiger partial charge on any atom is -0.352 e. The van der Waals surface area contributed by atoms with E-state index in [1.807, 2.05) is 11.4 Å². The number of thiophene rings is 1. The largest absolute Gasteiger partial charge is 0.416 e. The van der Waals surface area contributed by atoms with Crippen molar-refractivity contribution >= 4 is 23.2 Å². The van der Waals surface area contributed by atoms with E-state index in [1.54, 1.807) is 28.4 Å². The van der Waals surface area contributed by atoms with Gasteiger partial charge in [-0.2, -0.15) is 13.2 Å². The number of carbonyl (C=O) groups is 2. The zero-order valence-corrected chi connectivity index (χ0v) is 18.9. The van der Waals surface area contributed by atoms with Crippen LogP contribution in [0, 0.1) is 5.82 Å². The fraction of sp³-hybridized carbons (Fsp3) is 0.280. The Morgan fingerprint density at radius 2 is 1.85 bits per heavy atom. The predicted octanol–water partition coefficient (Wildman–Crippen LogP) is 5.48. The van der Waals surface area contributed by atoms with Gasteiger partial charge in [-0.05, 0) is 58.8 Å². The second kappa shape index (κ2) is 9.97. The maximum atomic E-state index is 13.9. The maximum absolute atomic E-state index is 13.9. The number of nitrogens with zero attached hydrogens (tertiary/aromatic N) is 1. The first kappa shape index (κ1) is 23.9. The quantitative estimate of drug-likeness (QED) is 0.466. The molecule has 4 nitrogen and oxygen atoms in total. The number of hydrogen-bond donors (Lipinski definition) is 1. The van der Waals surface area contributed by atoms with Crippen LogP contribution in [0.5, 0.6) is 0 Å². The summed E-state index contributed by atoms with van der Waals surface area (Å²) >= 11 is 1.60. The molecule has 178 valence electrons. The molecule has 1 unspecified atom stereocenters. The first-order valence-electron chi connectivity index (χ1n) is 10.8. The molecule has 2 heterocycles. The van der Waals surface area contributed by atoms with Gasteiger partial charge in [-0.3, -0.25) is 9.59 Å². The van der Waals surface area contributed by atoms with Gasteiger partial charge in [0.15, 0.2) is 0 Å². The molecule has 4 rings (SSSR count). The molecule has 0 saturated heterocycles. The van der Waals surface area contributed by atoms with E-state index < -0.39 is 23.7 Å². The molecule has 0 fully saturated rings. The molecule has 1 N–H and O–H groups in total. The smallest absolute Gasteiger partial charge is 0.352 e. The molecule has 1 aliphatic heterocycles. The lowest BCUT2D eigenvalue weighted by Crippen LogP contribution is -2.40. The summed E-state index contributed by atoms with van der Waals surface area (Å²) in [6, 6.07) is 12.4. The van der Waals surface area contributed by atoms with Crippen LogP contribution in [-0.2, 0) is 28.7 Å². The van der Waals surface area contributed by atoms with Gasteiger partial charge in [-0.1, -0.05) is 24.3 Å². The Kier molecular flexibility index (Phi) is 7.02. The van der Waals surface area contributed by atoms with Gasteiger partial charge < -0.3 is 10.2 Å². The van der Waals surface area contributed by atoms with Crippen molar-refractivity contribution in [1.29, 1.82) is 0 Å². The maximum Gasteiger partial charge on any atom is 0.416 e. The third-order valence-electron chi connectivity index (χ3n) is 5.76. The van der Waals surface area contributed by atoms with Crippen LogP contribution < -0.4 is 5.32 Å². The summed E-state index contributed by atoms with van der Waals surface area (Å²) in [5.41, 5.74) is 1.17. The lowest BCUT2D eigenvalue weighted by molar-refractivity contribution is -0.137. The van der Waals surface area contributed by atoms with Gasteiger partial charge >= 0.3 is 6.18 Å². The molecule has 1 aromatic heterocycles. The van der Waals surface area contributed by atoms with Crippen molar-refractivity contribution in [2.24, 2.45) is 0 Å². The first-order chi connectivity index (χ1) is 16.2. The van der Waals surface area contributed by atoms with Crippen LogP contribution >= 0.6 is 11.3 Å². The number of amides is 2. The molecule has 0 radical (unpaired) electrons. The number of hydrogen-bond acceptors (Lipinski definition) is 3. The Hall–Kier alpha value is -3.20. The summed E-state index contributed by atoms with van der Waals surface area (Å²) in [6.07, 6.45) is -3.92. The van der Waals surface area contributed by atoms with E-state index in [4.69, 9.17) is 0 Å². The van der Waals surface area contributed by atoms with Crippen LogP contribution in [0.25, 0.3) is 0 Å². The average molecular weight is 491 g/mol. The van der Waals surface area contributed by atoms with Gasteiger partial charge in [0.05, 0.1) is 11.6 Å². The minimum atomic E-state index is -4.46. The monoisotopic (exact) mass is 490 g/mol. The van der Waals surface area contributed by atoms with Crippen molar-refractivity contribution in [3.05, 3.63) is 92.9 Å². The average Bonchev–Trinajstić information content (AvgIpc) is 3.29. The molecule has 0 saturated carbocycles. The molecule has 0 bridgehead atoms. The lowest BCUT2D eigenvalue weighted by Gasteiger charge is -2.36. The number of nitrogens with one attached hydrogen (secondary N) is 1. The fourth-order valence-corrected chi connectivity index (χ4v) is 5.04. The number of carbonyl (C=O) groups excluding carboxylic acids is 2. The fourth-order valence-electron chi connectivity index (χ4n) is 4.13. The normalized spacial score (nSPS) is 15.6. The Morgan fingerprint density at radius 3 is 2.62 bits per heavy atom. The highest BCUT2D eigenvalue weighted by atomic mass is 32.1. The summed E-state index contributed by atoms with van der Waals surface area (Å²) in [5.74, 6) is -1.05. The third-order valence-corrected chi connectivity index (χ3v) is 6.76. The topological polar surface area (TPSA) is 49.4 Å². The van der Waals surface area contributed by atoms with E-state index in [-0.39, 0.29) is 31.1 Å². The van der Waals surface area contributed by atoms with Gasteiger partial charge in [0.2, 0.25) is 11.8 Å². The number of alkyl halides is 3.